The second kappa shape index (κ2) is 9.38. The quantitative estimate of drug-likeness (QED) is 0.611. The van der Waals surface area contributed by atoms with Crippen LogP contribution < -0.4 is 15.5 Å². The Balaban J connectivity index is 1.68. The van der Waals surface area contributed by atoms with Crippen LogP contribution in [0, 0.1) is 11.3 Å². The van der Waals surface area contributed by atoms with Gasteiger partial charge >= 0.3 is 0 Å². The Bertz CT molecular complexity index is 1000. The number of carbonyl (C=O) groups excluding carboxylic acids is 1. The summed E-state index contributed by atoms with van der Waals surface area (Å²) in [7, 11) is 0. The molecule has 0 bridgehead atoms. The molecule has 0 saturated heterocycles. The van der Waals surface area contributed by atoms with Gasteiger partial charge in [0.1, 0.15) is 5.69 Å². The summed E-state index contributed by atoms with van der Waals surface area (Å²) >= 11 is 0. The van der Waals surface area contributed by atoms with Crippen LogP contribution in [0.4, 0.5) is 22.7 Å². The van der Waals surface area contributed by atoms with Gasteiger partial charge in [-0.25, -0.2) is 0 Å². The van der Waals surface area contributed by atoms with Crippen LogP contribution in [0.2, 0.25) is 0 Å². The van der Waals surface area contributed by atoms with Gasteiger partial charge in [0.15, 0.2) is 0 Å². The van der Waals surface area contributed by atoms with Crippen LogP contribution in [0.3, 0.4) is 0 Å². The molecule has 1 heterocycles. The number of rotatable bonds is 7. The van der Waals surface area contributed by atoms with Crippen LogP contribution in [0.1, 0.15) is 29.9 Å². The third-order valence-corrected chi connectivity index (χ3v) is 4.55. The molecule has 0 aliphatic carbocycles. The fourth-order valence-electron chi connectivity index (χ4n) is 2.97. The maximum absolute atomic E-state index is 12.6. The molecule has 2 aromatic carbocycles. The zero-order valence-corrected chi connectivity index (χ0v) is 16.5. The van der Waals surface area contributed by atoms with Crippen molar-refractivity contribution in [3.8, 4) is 6.07 Å². The average Bonchev–Trinajstić information content (AvgIpc) is 2.76. The number of benzene rings is 2. The minimum atomic E-state index is -0.274. The Morgan fingerprint density at radius 3 is 2.24 bits per heavy atom. The monoisotopic (exact) mass is 385 g/mol. The molecule has 1 amide bonds. The Labute approximate surface area is 170 Å². The molecule has 0 unspecified atom stereocenters. The summed E-state index contributed by atoms with van der Waals surface area (Å²) in [6, 6.07) is 20.5. The number of nitrogens with zero attached hydrogens (tertiary/aromatic N) is 3. The number of amides is 1. The summed E-state index contributed by atoms with van der Waals surface area (Å²) in [5, 5.41) is 15.0. The first-order valence-corrected chi connectivity index (χ1v) is 9.52. The number of carbonyl (C=O) groups is 1. The maximum Gasteiger partial charge on any atom is 0.274 e. The van der Waals surface area contributed by atoms with Gasteiger partial charge in [-0.05, 0) is 74.5 Å². The summed E-state index contributed by atoms with van der Waals surface area (Å²) in [5.74, 6) is -0.274. The highest BCUT2D eigenvalue weighted by Crippen LogP contribution is 2.20. The summed E-state index contributed by atoms with van der Waals surface area (Å²) < 4.78 is 0. The zero-order chi connectivity index (χ0) is 20.6. The molecule has 0 spiro atoms. The lowest BCUT2D eigenvalue weighted by atomic mass is 10.2. The molecular formula is C23H23N5O. The van der Waals surface area contributed by atoms with Crippen LogP contribution in [0.25, 0.3) is 0 Å². The Kier molecular flexibility index (Phi) is 6.43. The minimum Gasteiger partial charge on any atom is -0.372 e. The molecule has 3 rings (SSSR count). The number of nitriles is 1. The standard InChI is InChI=1S/C23H23N5O/c1-3-28(4-2)21-11-9-19(10-12-21)27-23(29)22-15-20(13-14-25-22)26-18-7-5-17(16-24)6-8-18/h5-15H,3-4H2,1-2H3,(H,25,26)(H,27,29). The van der Waals surface area contributed by atoms with Crippen LogP contribution in [0.15, 0.2) is 66.9 Å². The van der Waals surface area contributed by atoms with Crippen molar-refractivity contribution in [2.24, 2.45) is 0 Å². The van der Waals surface area contributed by atoms with Crippen LogP contribution in [-0.2, 0) is 0 Å². The SMILES string of the molecule is CCN(CC)c1ccc(NC(=O)c2cc(Nc3ccc(C#N)cc3)ccn2)cc1. The molecule has 0 saturated carbocycles. The van der Waals surface area contributed by atoms with Crippen molar-refractivity contribution in [2.45, 2.75) is 13.8 Å². The Morgan fingerprint density at radius 1 is 0.966 bits per heavy atom. The molecule has 2 N–H and O–H groups in total. The normalized spacial score (nSPS) is 10.1. The van der Waals surface area contributed by atoms with Crippen molar-refractivity contribution < 1.29 is 4.79 Å². The molecule has 6 nitrogen and oxygen atoms in total. The Morgan fingerprint density at radius 2 is 1.62 bits per heavy atom. The van der Waals surface area contributed by atoms with Crippen molar-refractivity contribution in [3.05, 3.63) is 78.1 Å². The summed E-state index contributed by atoms with van der Waals surface area (Å²) in [4.78, 5) is 19.0. The molecule has 1 aromatic heterocycles. The lowest BCUT2D eigenvalue weighted by Gasteiger charge is -2.21. The van der Waals surface area contributed by atoms with E-state index in [1.54, 1.807) is 30.5 Å². The van der Waals surface area contributed by atoms with E-state index in [4.69, 9.17) is 5.26 Å². The number of nitrogens with one attached hydrogen (secondary N) is 2. The van der Waals surface area contributed by atoms with Crippen LogP contribution in [-0.4, -0.2) is 24.0 Å². The van der Waals surface area contributed by atoms with E-state index >= 15 is 0 Å². The van der Waals surface area contributed by atoms with Gasteiger partial charge in [-0.1, -0.05) is 0 Å². The van der Waals surface area contributed by atoms with E-state index in [1.165, 1.54) is 0 Å². The molecule has 0 fully saturated rings. The fraction of sp³-hybridized carbons (Fsp3) is 0.174. The predicted molar refractivity (Wildman–Crippen MR) is 117 cm³/mol. The van der Waals surface area contributed by atoms with Crippen molar-refractivity contribution in [3.63, 3.8) is 0 Å². The second-order valence-electron chi connectivity index (χ2n) is 6.42. The fourth-order valence-corrected chi connectivity index (χ4v) is 2.97. The second-order valence-corrected chi connectivity index (χ2v) is 6.42. The van der Waals surface area contributed by atoms with E-state index in [2.05, 4.69) is 40.4 Å². The van der Waals surface area contributed by atoms with Crippen molar-refractivity contribution >= 4 is 28.7 Å². The van der Waals surface area contributed by atoms with Gasteiger partial charge in [0.05, 0.1) is 11.6 Å². The topological polar surface area (TPSA) is 81.0 Å². The number of hydrogen-bond acceptors (Lipinski definition) is 5. The maximum atomic E-state index is 12.6. The molecule has 146 valence electrons. The van der Waals surface area contributed by atoms with E-state index in [0.717, 1.165) is 35.8 Å². The van der Waals surface area contributed by atoms with Crippen molar-refractivity contribution in [1.82, 2.24) is 4.98 Å². The van der Waals surface area contributed by atoms with Gasteiger partial charge in [0, 0.05) is 42.0 Å². The molecule has 6 heteroatoms. The van der Waals surface area contributed by atoms with Gasteiger partial charge in [-0.15, -0.1) is 0 Å². The summed E-state index contributed by atoms with van der Waals surface area (Å²) in [6.07, 6.45) is 1.59. The Hall–Kier alpha value is -3.85. The molecular weight excluding hydrogens is 362 g/mol. The third kappa shape index (κ3) is 5.11. The summed E-state index contributed by atoms with van der Waals surface area (Å²) in [6.45, 7) is 6.10. The highest BCUT2D eigenvalue weighted by molar-refractivity contribution is 6.03. The third-order valence-electron chi connectivity index (χ3n) is 4.55. The summed E-state index contributed by atoms with van der Waals surface area (Å²) in [5.41, 5.74) is 4.33. The smallest absolute Gasteiger partial charge is 0.274 e. The van der Waals surface area contributed by atoms with E-state index in [0.29, 0.717) is 11.3 Å². The van der Waals surface area contributed by atoms with Gasteiger partial charge in [-0.3, -0.25) is 9.78 Å². The lowest BCUT2D eigenvalue weighted by Crippen LogP contribution is -2.21. The minimum absolute atomic E-state index is 0.274. The zero-order valence-electron chi connectivity index (χ0n) is 16.5. The average molecular weight is 385 g/mol. The first kappa shape index (κ1) is 19.9. The van der Waals surface area contributed by atoms with Gasteiger partial charge < -0.3 is 15.5 Å². The van der Waals surface area contributed by atoms with E-state index < -0.39 is 0 Å². The van der Waals surface area contributed by atoms with E-state index in [1.807, 2.05) is 36.4 Å². The molecule has 0 aliphatic rings. The predicted octanol–water partition coefficient (Wildman–Crippen LogP) is 4.80. The molecule has 3 aromatic rings. The number of aromatic nitrogens is 1. The molecule has 0 radical (unpaired) electrons. The van der Waals surface area contributed by atoms with Crippen LogP contribution in [0.5, 0.6) is 0 Å². The highest BCUT2D eigenvalue weighted by Gasteiger charge is 2.09. The largest absolute Gasteiger partial charge is 0.372 e. The number of pyridine rings is 1. The number of anilines is 4. The lowest BCUT2D eigenvalue weighted by molar-refractivity contribution is 0.102. The molecule has 0 aliphatic heterocycles. The van der Waals surface area contributed by atoms with Gasteiger partial charge in [0.2, 0.25) is 0 Å². The highest BCUT2D eigenvalue weighted by atomic mass is 16.1. The van der Waals surface area contributed by atoms with Gasteiger partial charge in [-0.2, -0.15) is 5.26 Å². The molecule has 0 atom stereocenters. The van der Waals surface area contributed by atoms with Crippen molar-refractivity contribution in [2.75, 3.05) is 28.6 Å². The van der Waals surface area contributed by atoms with E-state index in [-0.39, 0.29) is 5.91 Å². The molecule has 29 heavy (non-hydrogen) atoms. The van der Waals surface area contributed by atoms with Gasteiger partial charge in [0.25, 0.3) is 5.91 Å². The van der Waals surface area contributed by atoms with Crippen LogP contribution >= 0.6 is 0 Å². The van der Waals surface area contributed by atoms with E-state index in [9.17, 15) is 4.79 Å². The number of hydrogen-bond donors (Lipinski definition) is 2. The van der Waals surface area contributed by atoms with Crippen molar-refractivity contribution in [1.29, 1.82) is 5.26 Å². The first-order chi connectivity index (χ1) is 14.1. The first-order valence-electron chi connectivity index (χ1n) is 9.52.